The minimum Gasteiger partial charge on any atom is -0.382 e. The molecular formula is C9H14F3NO4S2. The van der Waals surface area contributed by atoms with Crippen LogP contribution in [0.25, 0.3) is 0 Å². The molecule has 1 aliphatic heterocycles. The zero-order valence-electron chi connectivity index (χ0n) is 9.81. The molecule has 0 radical (unpaired) electrons. The summed E-state index contributed by atoms with van der Waals surface area (Å²) in [5, 5.41) is 10.4. The van der Waals surface area contributed by atoms with Gasteiger partial charge in [0.25, 0.3) is 0 Å². The molecule has 0 bridgehead atoms. The van der Waals surface area contributed by atoms with Crippen LogP contribution < -0.4 is 5.32 Å². The van der Waals surface area contributed by atoms with Crippen molar-refractivity contribution in [3.63, 3.8) is 0 Å². The zero-order chi connectivity index (χ0) is 14.7. The third-order valence-corrected chi connectivity index (χ3v) is 5.79. The maximum atomic E-state index is 11.9. The summed E-state index contributed by atoms with van der Waals surface area (Å²) in [6.45, 7) is -0.897. The van der Waals surface area contributed by atoms with E-state index in [1.54, 1.807) is 0 Å². The van der Waals surface area contributed by atoms with Gasteiger partial charge >= 0.3 is 6.18 Å². The van der Waals surface area contributed by atoms with E-state index < -0.39 is 34.6 Å². The Morgan fingerprint density at radius 1 is 1.47 bits per heavy atom. The molecule has 19 heavy (non-hydrogen) atoms. The summed E-state index contributed by atoms with van der Waals surface area (Å²) < 4.78 is 58.1. The summed E-state index contributed by atoms with van der Waals surface area (Å²) in [5.74, 6) is -0.697. The molecule has 1 aliphatic rings. The number of amides is 1. The Kier molecular flexibility index (Phi) is 5.51. The Labute approximate surface area is 112 Å². The van der Waals surface area contributed by atoms with Gasteiger partial charge in [-0.3, -0.25) is 4.79 Å². The van der Waals surface area contributed by atoms with E-state index in [1.807, 2.05) is 5.32 Å². The van der Waals surface area contributed by atoms with Gasteiger partial charge in [0.1, 0.15) is 0 Å². The fourth-order valence-corrected chi connectivity index (χ4v) is 4.94. The van der Waals surface area contributed by atoms with Crippen LogP contribution in [-0.2, 0) is 14.6 Å². The molecule has 1 heterocycles. The number of hydrogen-bond acceptors (Lipinski definition) is 5. The van der Waals surface area contributed by atoms with E-state index >= 15 is 0 Å². The number of hydrogen-bond donors (Lipinski definition) is 2. The lowest BCUT2D eigenvalue weighted by Gasteiger charge is -2.15. The highest BCUT2D eigenvalue weighted by Crippen LogP contribution is 2.24. The predicted molar refractivity (Wildman–Crippen MR) is 64.6 cm³/mol. The van der Waals surface area contributed by atoms with Crippen molar-refractivity contribution in [1.82, 2.24) is 5.32 Å². The number of aliphatic hydroxyl groups excluding tert-OH is 1. The summed E-state index contributed by atoms with van der Waals surface area (Å²) in [6.07, 6.45) is -6.90. The molecule has 2 N–H and O–H groups in total. The quantitative estimate of drug-likeness (QED) is 0.741. The second kappa shape index (κ2) is 6.31. The average Bonchev–Trinajstić information content (AvgIpc) is 2.61. The maximum absolute atomic E-state index is 11.9. The summed E-state index contributed by atoms with van der Waals surface area (Å²) in [4.78, 5) is 11.2. The molecule has 0 saturated carbocycles. The predicted octanol–water partition coefficient (Wildman–Crippen LogP) is -0.0539. The Morgan fingerprint density at radius 3 is 2.58 bits per heavy atom. The van der Waals surface area contributed by atoms with Crippen molar-refractivity contribution < 1.29 is 31.5 Å². The molecule has 5 nitrogen and oxygen atoms in total. The molecule has 1 rings (SSSR count). The van der Waals surface area contributed by atoms with Crippen LogP contribution in [0.5, 0.6) is 0 Å². The van der Waals surface area contributed by atoms with E-state index in [-0.39, 0.29) is 22.5 Å². The van der Waals surface area contributed by atoms with E-state index in [9.17, 15) is 26.4 Å². The molecule has 0 aromatic rings. The van der Waals surface area contributed by atoms with Crippen LogP contribution in [-0.4, -0.2) is 60.8 Å². The van der Waals surface area contributed by atoms with E-state index in [4.69, 9.17) is 5.11 Å². The molecule has 0 aromatic carbocycles. The molecular weight excluding hydrogens is 307 g/mol. The topological polar surface area (TPSA) is 83.5 Å². The van der Waals surface area contributed by atoms with Crippen molar-refractivity contribution in [2.45, 2.75) is 24.0 Å². The number of nitrogens with one attached hydrogen (secondary N) is 1. The van der Waals surface area contributed by atoms with E-state index in [0.717, 1.165) is 11.8 Å². The number of sulfone groups is 1. The molecule has 1 amide bonds. The van der Waals surface area contributed by atoms with Crippen molar-refractivity contribution in [3.8, 4) is 0 Å². The third-order valence-electron chi connectivity index (χ3n) is 2.51. The van der Waals surface area contributed by atoms with Crippen molar-refractivity contribution in [2.75, 3.05) is 23.8 Å². The molecule has 0 spiro atoms. The molecule has 112 valence electrons. The summed E-state index contributed by atoms with van der Waals surface area (Å²) >= 11 is 1.10. The molecule has 1 saturated heterocycles. The number of alkyl halides is 3. The Bertz CT molecular complexity index is 424. The fourth-order valence-electron chi connectivity index (χ4n) is 1.46. The summed E-state index contributed by atoms with van der Waals surface area (Å²) in [7, 11) is -3.03. The molecule has 2 atom stereocenters. The lowest BCUT2D eigenvalue weighted by atomic mass is 10.3. The minimum atomic E-state index is -4.76. The third kappa shape index (κ3) is 6.00. The first-order valence-electron chi connectivity index (χ1n) is 5.43. The van der Waals surface area contributed by atoms with Gasteiger partial charge in [-0.25, -0.2) is 8.42 Å². The Morgan fingerprint density at radius 2 is 2.11 bits per heavy atom. The first kappa shape index (κ1) is 16.6. The van der Waals surface area contributed by atoms with Gasteiger partial charge in [-0.05, 0) is 6.42 Å². The van der Waals surface area contributed by atoms with Gasteiger partial charge < -0.3 is 10.4 Å². The molecule has 0 aliphatic carbocycles. The van der Waals surface area contributed by atoms with Crippen molar-refractivity contribution in [1.29, 1.82) is 0 Å². The fraction of sp³-hybridized carbons (Fsp3) is 0.889. The van der Waals surface area contributed by atoms with E-state index in [2.05, 4.69) is 0 Å². The van der Waals surface area contributed by atoms with Crippen molar-refractivity contribution in [3.05, 3.63) is 0 Å². The number of carbonyl (C=O) groups excluding carboxylic acids is 1. The lowest BCUT2D eigenvalue weighted by molar-refractivity contribution is -0.201. The highest BCUT2D eigenvalue weighted by atomic mass is 32.2. The van der Waals surface area contributed by atoms with Gasteiger partial charge in [0.2, 0.25) is 5.91 Å². The van der Waals surface area contributed by atoms with E-state index in [1.165, 1.54) is 0 Å². The van der Waals surface area contributed by atoms with Crippen LogP contribution in [0.1, 0.15) is 6.42 Å². The van der Waals surface area contributed by atoms with Gasteiger partial charge in [-0.15, -0.1) is 11.8 Å². The normalized spacial score (nSPS) is 24.1. The first-order valence-corrected chi connectivity index (χ1v) is 8.30. The summed E-state index contributed by atoms with van der Waals surface area (Å²) in [6, 6.07) is 0. The Hall–Kier alpha value is -0.480. The average molecular weight is 321 g/mol. The van der Waals surface area contributed by atoms with Crippen molar-refractivity contribution in [2.24, 2.45) is 0 Å². The number of rotatable bonds is 5. The van der Waals surface area contributed by atoms with Crippen LogP contribution in [0.15, 0.2) is 0 Å². The highest BCUT2D eigenvalue weighted by Gasteiger charge is 2.38. The standard InChI is InChI=1S/C9H14F3NO4S2/c10-9(11,12)7(14)3-13-8(15)4-18-6-1-2-19(16,17)5-6/h6-7,14H,1-5H2,(H,13,15). The molecule has 1 fully saturated rings. The SMILES string of the molecule is O=C(CSC1CCS(=O)(=O)C1)NCC(O)C(F)(F)F. The highest BCUT2D eigenvalue weighted by molar-refractivity contribution is 8.02. The second-order valence-corrected chi connectivity index (χ2v) is 7.71. The molecule has 0 aromatic heterocycles. The van der Waals surface area contributed by atoms with Crippen LogP contribution in [0, 0.1) is 0 Å². The largest absolute Gasteiger partial charge is 0.416 e. The molecule has 2 unspecified atom stereocenters. The van der Waals surface area contributed by atoms with Gasteiger partial charge in [-0.1, -0.05) is 0 Å². The smallest absolute Gasteiger partial charge is 0.382 e. The molecule has 10 heteroatoms. The van der Waals surface area contributed by atoms with Crippen LogP contribution >= 0.6 is 11.8 Å². The van der Waals surface area contributed by atoms with Crippen LogP contribution in [0.3, 0.4) is 0 Å². The van der Waals surface area contributed by atoms with Crippen LogP contribution in [0.4, 0.5) is 13.2 Å². The van der Waals surface area contributed by atoms with Gasteiger partial charge in [0.15, 0.2) is 15.9 Å². The van der Waals surface area contributed by atoms with Gasteiger partial charge in [-0.2, -0.15) is 13.2 Å². The monoisotopic (exact) mass is 321 g/mol. The zero-order valence-corrected chi connectivity index (χ0v) is 11.4. The summed E-state index contributed by atoms with van der Waals surface area (Å²) in [5.41, 5.74) is 0. The van der Waals surface area contributed by atoms with Gasteiger partial charge in [0.05, 0.1) is 23.8 Å². The number of halogens is 3. The van der Waals surface area contributed by atoms with Gasteiger partial charge in [0, 0.05) is 5.25 Å². The first-order chi connectivity index (χ1) is 8.60. The second-order valence-electron chi connectivity index (χ2n) is 4.20. The van der Waals surface area contributed by atoms with Crippen LogP contribution in [0.2, 0.25) is 0 Å². The number of carbonyl (C=O) groups is 1. The lowest BCUT2D eigenvalue weighted by Crippen LogP contribution is -2.41. The number of aliphatic hydroxyl groups is 1. The van der Waals surface area contributed by atoms with E-state index in [0.29, 0.717) is 6.42 Å². The number of thioether (sulfide) groups is 1. The minimum absolute atomic E-state index is 0.00385. The maximum Gasteiger partial charge on any atom is 0.416 e. The Balaban J connectivity index is 2.22. The van der Waals surface area contributed by atoms with Crippen molar-refractivity contribution >= 4 is 27.5 Å².